The minimum absolute atomic E-state index is 0. The summed E-state index contributed by atoms with van der Waals surface area (Å²) in [5, 5.41) is 4.66. The largest absolute Gasteiger partial charge is 0.438 e. The van der Waals surface area contributed by atoms with Crippen LogP contribution in [0.5, 0.6) is 0 Å². The normalized spacial score (nSPS) is 14.9. The number of carbonyl (C=O) groups is 2. The Kier molecular flexibility index (Phi) is 6.11. The van der Waals surface area contributed by atoms with E-state index in [2.05, 4.69) is 19.5 Å². The molecule has 0 radical (unpaired) electrons. The van der Waals surface area contributed by atoms with Gasteiger partial charge in [-0.3, -0.25) is 14.3 Å². The number of hydrogen-bond acceptors (Lipinski definition) is 6. The van der Waals surface area contributed by atoms with Crippen LogP contribution in [0.2, 0.25) is 0 Å². The number of hydroxylamine groups is 2. The van der Waals surface area contributed by atoms with Crippen molar-refractivity contribution in [1.29, 1.82) is 0 Å². The summed E-state index contributed by atoms with van der Waals surface area (Å²) >= 11 is 0. The minimum Gasteiger partial charge on any atom is -0.337 e. The van der Waals surface area contributed by atoms with Gasteiger partial charge in [0.25, 0.3) is 5.91 Å². The van der Waals surface area contributed by atoms with Crippen molar-refractivity contribution in [2.75, 3.05) is 0 Å². The van der Waals surface area contributed by atoms with E-state index in [-0.39, 0.29) is 25.2 Å². The molecule has 0 unspecified atom stereocenters. The van der Waals surface area contributed by atoms with Crippen LogP contribution < -0.4 is 5.76 Å². The van der Waals surface area contributed by atoms with Crippen LogP contribution in [0.3, 0.4) is 0 Å². The van der Waals surface area contributed by atoms with Crippen LogP contribution in [0, 0.1) is 0 Å². The average Bonchev–Trinajstić information content (AvgIpc) is 2.84. The van der Waals surface area contributed by atoms with Gasteiger partial charge < -0.3 is 4.84 Å². The number of H-pyrrole nitrogens is 1. The van der Waals surface area contributed by atoms with Gasteiger partial charge in [0.1, 0.15) is 6.42 Å². The van der Waals surface area contributed by atoms with E-state index >= 15 is 0 Å². The van der Waals surface area contributed by atoms with Crippen molar-refractivity contribution < 1.29 is 18.9 Å². The zero-order chi connectivity index (χ0) is 16.4. The first-order valence-corrected chi connectivity index (χ1v) is 6.51. The highest BCUT2D eigenvalue weighted by atomic mass is 16.7. The molecule has 0 aromatic carbocycles. The van der Waals surface area contributed by atoms with E-state index in [1.165, 1.54) is 0 Å². The fraction of sp³-hybridized carbons (Fsp3) is 0.714. The molecule has 1 amide bonds. The maximum atomic E-state index is 11.0. The molecule has 1 N–H and O–H groups in total. The van der Waals surface area contributed by atoms with Crippen LogP contribution in [0.1, 0.15) is 61.2 Å². The lowest BCUT2D eigenvalue weighted by molar-refractivity contribution is -0.196. The SMILES string of the molecule is C.CC(C)(C)N1OC(=O)CC1=O.CC(C)(C)c1noc(=O)[nH]1. The summed E-state index contributed by atoms with van der Waals surface area (Å²) < 4.78 is 4.33. The fourth-order valence-electron chi connectivity index (χ4n) is 1.45. The zero-order valence-corrected chi connectivity index (χ0v) is 13.1. The Morgan fingerprint density at radius 1 is 1.09 bits per heavy atom. The molecule has 1 aromatic heterocycles. The Morgan fingerprint density at radius 3 is 1.82 bits per heavy atom. The lowest BCUT2D eigenvalue weighted by Gasteiger charge is -2.27. The lowest BCUT2D eigenvalue weighted by Crippen LogP contribution is -2.41. The highest BCUT2D eigenvalue weighted by Gasteiger charge is 2.37. The summed E-state index contributed by atoms with van der Waals surface area (Å²) in [7, 11) is 0. The number of amides is 1. The third-order valence-electron chi connectivity index (χ3n) is 2.48. The van der Waals surface area contributed by atoms with Crippen LogP contribution >= 0.6 is 0 Å². The van der Waals surface area contributed by atoms with Crippen LogP contribution in [0.25, 0.3) is 0 Å². The number of hydrogen-bond donors (Lipinski definition) is 1. The molecule has 1 fully saturated rings. The Hall–Kier alpha value is -2.12. The monoisotopic (exact) mass is 315 g/mol. The number of nitrogens with zero attached hydrogens (tertiary/aromatic N) is 2. The van der Waals surface area contributed by atoms with Gasteiger partial charge in [0.2, 0.25) is 0 Å². The molecular formula is C14H25N3O5. The van der Waals surface area contributed by atoms with E-state index in [1.54, 1.807) is 0 Å². The zero-order valence-electron chi connectivity index (χ0n) is 13.1. The third-order valence-corrected chi connectivity index (χ3v) is 2.48. The van der Waals surface area contributed by atoms with Crippen molar-refractivity contribution in [3.05, 3.63) is 16.4 Å². The Bertz CT molecular complexity index is 574. The van der Waals surface area contributed by atoms with Crippen LogP contribution in [-0.4, -0.2) is 32.6 Å². The van der Waals surface area contributed by atoms with Crippen LogP contribution in [-0.2, 0) is 19.8 Å². The molecule has 8 heteroatoms. The number of carbonyl (C=O) groups excluding carboxylic acids is 2. The molecule has 0 aliphatic carbocycles. The third kappa shape index (κ3) is 5.34. The average molecular weight is 315 g/mol. The molecule has 22 heavy (non-hydrogen) atoms. The van der Waals surface area contributed by atoms with Crippen molar-refractivity contribution in [3.63, 3.8) is 0 Å². The van der Waals surface area contributed by atoms with Crippen LogP contribution in [0.4, 0.5) is 0 Å². The molecule has 1 saturated heterocycles. The minimum atomic E-state index is -0.495. The van der Waals surface area contributed by atoms with E-state index in [4.69, 9.17) is 0 Å². The summed E-state index contributed by atoms with van der Waals surface area (Å²) in [5.41, 5.74) is -0.574. The molecule has 0 saturated carbocycles. The molecule has 1 aromatic rings. The first kappa shape index (κ1) is 19.9. The number of aromatic amines is 1. The number of rotatable bonds is 0. The molecule has 2 rings (SSSR count). The Balaban J connectivity index is 0.000000385. The Morgan fingerprint density at radius 2 is 1.64 bits per heavy atom. The van der Waals surface area contributed by atoms with Gasteiger partial charge in [-0.25, -0.2) is 9.59 Å². The quantitative estimate of drug-likeness (QED) is 0.731. The highest BCUT2D eigenvalue weighted by Crippen LogP contribution is 2.20. The summed E-state index contributed by atoms with van der Waals surface area (Å²) in [6, 6.07) is 0. The topological polar surface area (TPSA) is 106 Å². The van der Waals surface area contributed by atoms with Gasteiger partial charge in [-0.15, -0.1) is 0 Å². The summed E-state index contributed by atoms with van der Waals surface area (Å²) in [6.45, 7) is 11.3. The Labute approximate surface area is 129 Å². The molecule has 8 nitrogen and oxygen atoms in total. The van der Waals surface area contributed by atoms with E-state index in [0.29, 0.717) is 5.82 Å². The molecule has 1 aliphatic heterocycles. The van der Waals surface area contributed by atoms with Gasteiger partial charge in [0.05, 0.1) is 5.54 Å². The lowest BCUT2D eigenvalue weighted by atomic mass is 9.96. The molecule has 0 bridgehead atoms. The van der Waals surface area contributed by atoms with E-state index in [1.807, 2.05) is 41.5 Å². The molecule has 1 aliphatic rings. The van der Waals surface area contributed by atoms with E-state index < -0.39 is 17.3 Å². The second-order valence-corrected chi connectivity index (χ2v) is 6.69. The predicted octanol–water partition coefficient (Wildman–Crippen LogP) is 1.77. The van der Waals surface area contributed by atoms with Crippen molar-refractivity contribution in [2.24, 2.45) is 0 Å². The smallest absolute Gasteiger partial charge is 0.337 e. The molecular weight excluding hydrogens is 290 g/mol. The summed E-state index contributed by atoms with van der Waals surface area (Å²) in [5.74, 6) is -0.644. The maximum Gasteiger partial charge on any atom is 0.438 e. The number of aromatic nitrogens is 2. The first-order valence-electron chi connectivity index (χ1n) is 6.51. The van der Waals surface area contributed by atoms with Gasteiger partial charge in [-0.1, -0.05) is 33.4 Å². The van der Waals surface area contributed by atoms with Crippen molar-refractivity contribution >= 4 is 11.9 Å². The number of nitrogens with one attached hydrogen (secondary N) is 1. The fourth-order valence-corrected chi connectivity index (χ4v) is 1.45. The van der Waals surface area contributed by atoms with E-state index in [0.717, 1.165) is 5.06 Å². The van der Waals surface area contributed by atoms with Gasteiger partial charge in [-0.2, -0.15) is 5.06 Å². The predicted molar refractivity (Wildman–Crippen MR) is 79.9 cm³/mol. The molecule has 126 valence electrons. The standard InChI is InChI=1S/C7H11NO3.C6H10N2O2.CH4/c1-7(2,3)8-5(9)4-6(10)11-8;1-6(2,3)4-7-5(9)10-8-4;/h4H2,1-3H3;1-3H3,(H,7,8,9);1H4. The van der Waals surface area contributed by atoms with Gasteiger partial charge in [0, 0.05) is 5.41 Å². The van der Waals surface area contributed by atoms with Crippen molar-refractivity contribution in [2.45, 2.75) is 66.3 Å². The molecule has 0 atom stereocenters. The summed E-state index contributed by atoms with van der Waals surface area (Å²) in [6.07, 6.45) is -0.128. The van der Waals surface area contributed by atoms with Gasteiger partial charge >= 0.3 is 11.7 Å². The second kappa shape index (κ2) is 6.76. The summed E-state index contributed by atoms with van der Waals surface area (Å²) in [4.78, 5) is 39.3. The van der Waals surface area contributed by atoms with Crippen LogP contribution in [0.15, 0.2) is 9.32 Å². The van der Waals surface area contributed by atoms with Crippen molar-refractivity contribution in [3.8, 4) is 0 Å². The molecule has 0 spiro atoms. The first-order chi connectivity index (χ1) is 9.41. The van der Waals surface area contributed by atoms with Crippen molar-refractivity contribution in [1.82, 2.24) is 15.2 Å². The maximum absolute atomic E-state index is 11.0. The molecule has 2 heterocycles. The van der Waals surface area contributed by atoms with E-state index in [9.17, 15) is 14.4 Å². The highest BCUT2D eigenvalue weighted by molar-refractivity contribution is 5.98. The second-order valence-electron chi connectivity index (χ2n) is 6.69. The van der Waals surface area contributed by atoms with Gasteiger partial charge in [0.15, 0.2) is 5.82 Å². The van der Waals surface area contributed by atoms with Gasteiger partial charge in [-0.05, 0) is 20.8 Å².